The number of amides is 3. The van der Waals surface area contributed by atoms with Crippen LogP contribution in [0.25, 0.3) is 0 Å². The van der Waals surface area contributed by atoms with Gasteiger partial charge in [-0.15, -0.1) is 0 Å². The van der Waals surface area contributed by atoms with Crippen molar-refractivity contribution in [1.29, 1.82) is 0 Å². The maximum Gasteiger partial charge on any atom is 0.416 e. The van der Waals surface area contributed by atoms with Crippen molar-refractivity contribution in [3.05, 3.63) is 65.0 Å². The second-order valence-corrected chi connectivity index (χ2v) is 14.8. The smallest absolute Gasteiger partial charge is 0.416 e. The molecule has 1 aliphatic heterocycles. The quantitative estimate of drug-likeness (QED) is 0.248. The highest BCUT2D eigenvalue weighted by Gasteiger charge is 2.33. The van der Waals surface area contributed by atoms with E-state index in [1.54, 1.807) is 6.92 Å². The number of nitrogens with zero attached hydrogens (tertiary/aromatic N) is 3. The van der Waals surface area contributed by atoms with Gasteiger partial charge in [0.15, 0.2) is 10.7 Å². The predicted octanol–water partition coefficient (Wildman–Crippen LogP) is 6.07. The minimum Gasteiger partial charge on any atom is -0.490 e. The summed E-state index contributed by atoms with van der Waals surface area (Å²) in [6.07, 6.45) is -3.41. The number of aliphatic hydroxyl groups excluding tert-OH is 1. The van der Waals surface area contributed by atoms with Gasteiger partial charge in [0.05, 0.1) is 36.0 Å². The van der Waals surface area contributed by atoms with E-state index in [4.69, 9.17) is 14.0 Å². The number of sulfonamides is 1. The lowest BCUT2D eigenvalue weighted by Gasteiger charge is -2.35. The summed E-state index contributed by atoms with van der Waals surface area (Å²) in [5.41, 5.74) is -0.318. The number of halogens is 3. The van der Waals surface area contributed by atoms with Crippen LogP contribution in [0.3, 0.4) is 0 Å². The molecule has 4 atom stereocenters. The molecule has 0 saturated heterocycles. The standard InChI is InChI=1S/C35H46F3N5O8S/c1-21-18-43(22(2)20-44)33(45)29-17-28(41-52(47,48)32-24(4)40-51-25(32)5)14-15-30(29)50-23(3)9-7-8-16-49-31(21)19-42(6)34(46)39-27-12-10-26(11-13-27)35(36,37)38/h10-15,17,21-23,31,41,44H,7-9,16,18-20H2,1-6H3,(H,39,46)/t21-,22+,23+,31+/m1/s1. The van der Waals surface area contributed by atoms with Crippen molar-refractivity contribution in [1.82, 2.24) is 15.0 Å². The molecule has 3 N–H and O–H groups in total. The maximum atomic E-state index is 14.4. The van der Waals surface area contributed by atoms with Crippen molar-refractivity contribution in [3.63, 3.8) is 0 Å². The summed E-state index contributed by atoms with van der Waals surface area (Å²) in [5.74, 6) is -0.581. The monoisotopic (exact) mass is 753 g/mol. The van der Waals surface area contributed by atoms with E-state index >= 15 is 0 Å². The first-order valence-electron chi connectivity index (χ1n) is 16.9. The average molecular weight is 754 g/mol. The topological polar surface area (TPSA) is 164 Å². The van der Waals surface area contributed by atoms with Crippen molar-refractivity contribution in [2.24, 2.45) is 5.92 Å². The summed E-state index contributed by atoms with van der Waals surface area (Å²) in [7, 11) is -2.61. The lowest BCUT2D eigenvalue weighted by Crippen LogP contribution is -2.48. The van der Waals surface area contributed by atoms with Crippen molar-refractivity contribution >= 4 is 33.3 Å². The summed E-state index contributed by atoms with van der Waals surface area (Å²) < 4.78 is 85.6. The Balaban J connectivity index is 1.60. The van der Waals surface area contributed by atoms with Crippen LogP contribution in [0.1, 0.15) is 67.4 Å². The number of rotatable bonds is 8. The molecule has 3 amide bonds. The molecule has 2 heterocycles. The molecule has 52 heavy (non-hydrogen) atoms. The van der Waals surface area contributed by atoms with E-state index < -0.39 is 51.8 Å². The summed E-state index contributed by atoms with van der Waals surface area (Å²) in [4.78, 5) is 30.2. The van der Waals surface area contributed by atoms with E-state index in [1.165, 1.54) is 61.0 Å². The van der Waals surface area contributed by atoms with E-state index in [9.17, 15) is 36.3 Å². The first-order chi connectivity index (χ1) is 24.4. The molecule has 3 aromatic rings. The molecular formula is C35H46F3N5O8S. The molecule has 0 fully saturated rings. The van der Waals surface area contributed by atoms with Crippen LogP contribution < -0.4 is 14.8 Å². The van der Waals surface area contributed by atoms with Gasteiger partial charge in [-0.2, -0.15) is 13.2 Å². The zero-order valence-electron chi connectivity index (χ0n) is 30.0. The normalized spacial score (nSPS) is 19.9. The molecule has 0 radical (unpaired) electrons. The van der Waals surface area contributed by atoms with Crippen molar-refractivity contribution in [3.8, 4) is 5.75 Å². The third kappa shape index (κ3) is 10.2. The lowest BCUT2D eigenvalue weighted by molar-refractivity contribution is -0.137. The summed E-state index contributed by atoms with van der Waals surface area (Å²) in [6.45, 7) is 8.47. The number of likely N-dealkylation sites (N-methyl/N-ethyl adjacent to an activating group) is 1. The Hall–Kier alpha value is -4.35. The fourth-order valence-corrected chi connectivity index (χ4v) is 7.21. The van der Waals surface area contributed by atoms with Gasteiger partial charge in [-0.25, -0.2) is 13.2 Å². The molecule has 0 saturated carbocycles. The maximum absolute atomic E-state index is 14.4. The number of aryl methyl sites for hydroxylation is 2. The van der Waals surface area contributed by atoms with Crippen LogP contribution in [-0.2, 0) is 20.9 Å². The Labute approximate surface area is 301 Å². The Bertz CT molecular complexity index is 1780. The zero-order chi connectivity index (χ0) is 38.4. The fraction of sp³-hybridized carbons (Fsp3) is 0.514. The summed E-state index contributed by atoms with van der Waals surface area (Å²) in [5, 5.41) is 16.5. The highest BCUT2D eigenvalue weighted by molar-refractivity contribution is 7.92. The molecule has 4 rings (SSSR count). The zero-order valence-corrected chi connectivity index (χ0v) is 30.8. The second kappa shape index (κ2) is 17.0. The van der Waals surface area contributed by atoms with Crippen LogP contribution in [-0.4, -0.2) is 92.0 Å². The summed E-state index contributed by atoms with van der Waals surface area (Å²) >= 11 is 0. The molecule has 0 spiro atoms. The molecule has 13 nitrogen and oxygen atoms in total. The van der Waals surface area contributed by atoms with Gasteiger partial charge in [-0.05, 0) is 89.4 Å². The Morgan fingerprint density at radius 1 is 1.12 bits per heavy atom. The Kier molecular flexibility index (Phi) is 13.2. The lowest BCUT2D eigenvalue weighted by atomic mass is 10.0. The Morgan fingerprint density at radius 2 is 1.79 bits per heavy atom. The highest BCUT2D eigenvalue weighted by atomic mass is 32.2. The number of fused-ring (bicyclic) bond motifs is 1. The van der Waals surface area contributed by atoms with Crippen LogP contribution in [0.5, 0.6) is 5.75 Å². The molecule has 2 aromatic carbocycles. The number of aliphatic hydroxyl groups is 1. The Morgan fingerprint density at radius 3 is 2.40 bits per heavy atom. The third-order valence-corrected chi connectivity index (χ3v) is 10.4. The van der Waals surface area contributed by atoms with Crippen molar-refractivity contribution in [2.75, 3.05) is 43.4 Å². The number of benzene rings is 2. The molecule has 0 bridgehead atoms. The largest absolute Gasteiger partial charge is 0.490 e. The van der Waals surface area contributed by atoms with Gasteiger partial charge < -0.3 is 34.2 Å². The fourth-order valence-electron chi connectivity index (χ4n) is 5.83. The van der Waals surface area contributed by atoms with Crippen LogP contribution >= 0.6 is 0 Å². The molecular weight excluding hydrogens is 707 g/mol. The van der Waals surface area contributed by atoms with E-state index in [2.05, 4.69) is 15.2 Å². The number of nitrogens with one attached hydrogen (secondary N) is 2. The van der Waals surface area contributed by atoms with E-state index in [0.717, 1.165) is 18.6 Å². The van der Waals surface area contributed by atoms with Gasteiger partial charge in [-0.3, -0.25) is 9.52 Å². The number of hydrogen-bond donors (Lipinski definition) is 3. The molecule has 1 aromatic heterocycles. The second-order valence-electron chi connectivity index (χ2n) is 13.2. The van der Waals surface area contributed by atoms with Crippen LogP contribution in [0, 0.1) is 19.8 Å². The minimum atomic E-state index is -4.51. The van der Waals surface area contributed by atoms with Gasteiger partial charge in [0.1, 0.15) is 11.4 Å². The molecule has 17 heteroatoms. The van der Waals surface area contributed by atoms with E-state index in [0.29, 0.717) is 19.4 Å². The molecule has 0 unspecified atom stereocenters. The number of carbonyl (C=O) groups is 2. The number of carbonyl (C=O) groups excluding carboxylic acids is 2. The number of hydrogen-bond acceptors (Lipinski definition) is 9. The first kappa shape index (κ1) is 40.4. The first-order valence-corrected chi connectivity index (χ1v) is 18.4. The average Bonchev–Trinajstić information content (AvgIpc) is 3.43. The van der Waals surface area contributed by atoms with Crippen LogP contribution in [0.2, 0.25) is 0 Å². The predicted molar refractivity (Wildman–Crippen MR) is 187 cm³/mol. The SMILES string of the molecule is Cc1noc(C)c1S(=O)(=O)Nc1ccc2c(c1)C(=O)N([C@@H](C)CO)C[C@@H](C)[C@H](CN(C)C(=O)Nc1ccc(C(F)(F)F)cc1)OCCCC[C@H](C)O2. The van der Waals surface area contributed by atoms with Gasteiger partial charge in [-0.1, -0.05) is 12.1 Å². The number of anilines is 2. The molecule has 286 valence electrons. The molecule has 1 aliphatic rings. The van der Waals surface area contributed by atoms with Gasteiger partial charge >= 0.3 is 12.2 Å². The van der Waals surface area contributed by atoms with Crippen molar-refractivity contribution < 1.29 is 50.3 Å². The van der Waals surface area contributed by atoms with Crippen LogP contribution in [0.4, 0.5) is 29.3 Å². The third-order valence-electron chi connectivity index (χ3n) is 8.80. The number of ether oxygens (including phenoxy) is 2. The highest BCUT2D eigenvalue weighted by Crippen LogP contribution is 2.32. The van der Waals surface area contributed by atoms with Gasteiger partial charge in [0.2, 0.25) is 0 Å². The summed E-state index contributed by atoms with van der Waals surface area (Å²) in [6, 6.07) is 7.27. The van der Waals surface area contributed by atoms with Gasteiger partial charge in [0, 0.05) is 44.0 Å². The van der Waals surface area contributed by atoms with Gasteiger partial charge in [0.25, 0.3) is 15.9 Å². The number of urea groups is 1. The number of alkyl halides is 3. The minimum absolute atomic E-state index is 0.0703. The van der Waals surface area contributed by atoms with E-state index in [-0.39, 0.29) is 64.8 Å². The molecule has 0 aliphatic carbocycles. The number of aromatic nitrogens is 1. The van der Waals surface area contributed by atoms with Crippen LogP contribution in [0.15, 0.2) is 51.9 Å². The van der Waals surface area contributed by atoms with Crippen molar-refractivity contribution in [2.45, 2.75) is 83.2 Å². The van der Waals surface area contributed by atoms with E-state index in [1.807, 2.05) is 13.8 Å².